The number of sulfonamides is 1. The minimum Gasteiger partial charge on any atom is -0.392 e. The Morgan fingerprint density at radius 2 is 1.96 bits per heavy atom. The molecule has 2 N–H and O–H groups in total. The zero-order valence-electron chi connectivity index (χ0n) is 14.5. The van der Waals surface area contributed by atoms with Crippen LogP contribution in [0, 0.1) is 5.92 Å². The molecule has 1 saturated heterocycles. The number of carbonyl (C=O) groups excluding carboxylic acids is 1. The summed E-state index contributed by atoms with van der Waals surface area (Å²) in [4.78, 5) is 11.5. The summed E-state index contributed by atoms with van der Waals surface area (Å²) in [5.74, 6) is -0.690. The number of amides is 1. The molecule has 0 radical (unpaired) electrons. The van der Waals surface area contributed by atoms with E-state index in [2.05, 4.69) is 5.32 Å². The van der Waals surface area contributed by atoms with Gasteiger partial charge in [0.05, 0.1) is 21.6 Å². The molecule has 6 nitrogen and oxygen atoms in total. The van der Waals surface area contributed by atoms with E-state index < -0.39 is 43.7 Å². The number of halogens is 4. The summed E-state index contributed by atoms with van der Waals surface area (Å²) in [7, 11) is -4.13. The summed E-state index contributed by atoms with van der Waals surface area (Å²) in [6.07, 6.45) is -4.98. The first-order valence-electron chi connectivity index (χ1n) is 8.25. The highest BCUT2D eigenvalue weighted by Gasteiger charge is 2.37. The number of hydrogen-bond donors (Lipinski definition) is 2. The molecule has 1 aromatic rings. The van der Waals surface area contributed by atoms with Crippen molar-refractivity contribution in [3.8, 4) is 0 Å². The number of nitrogens with zero attached hydrogens (tertiary/aromatic N) is 1. The van der Waals surface area contributed by atoms with Crippen molar-refractivity contribution in [1.82, 2.24) is 9.62 Å². The highest BCUT2D eigenvalue weighted by atomic mass is 35.5. The molecule has 1 amide bonds. The van der Waals surface area contributed by atoms with Gasteiger partial charge in [-0.1, -0.05) is 11.6 Å². The van der Waals surface area contributed by atoms with Crippen molar-refractivity contribution >= 4 is 27.5 Å². The van der Waals surface area contributed by atoms with Crippen LogP contribution in [-0.2, 0) is 21.0 Å². The van der Waals surface area contributed by atoms with E-state index in [9.17, 15) is 31.5 Å². The van der Waals surface area contributed by atoms with Crippen LogP contribution in [0.1, 0.15) is 25.3 Å². The van der Waals surface area contributed by atoms with Crippen LogP contribution in [0.15, 0.2) is 23.1 Å². The molecule has 0 bridgehead atoms. The molecule has 0 aliphatic carbocycles. The highest BCUT2D eigenvalue weighted by molar-refractivity contribution is 7.89. The van der Waals surface area contributed by atoms with E-state index in [0.29, 0.717) is 6.07 Å². The van der Waals surface area contributed by atoms with Crippen molar-refractivity contribution in [2.45, 2.75) is 36.9 Å². The second-order valence-corrected chi connectivity index (χ2v) is 8.76. The topological polar surface area (TPSA) is 86.7 Å². The average Bonchev–Trinajstić information content (AvgIpc) is 2.59. The predicted octanol–water partition coefficient (Wildman–Crippen LogP) is 2.26. The number of nitrogens with one attached hydrogen (secondary N) is 1. The number of aliphatic hydroxyl groups excluding tert-OH is 1. The van der Waals surface area contributed by atoms with Crippen molar-refractivity contribution in [3.05, 3.63) is 28.8 Å². The molecule has 2 rings (SSSR count). The number of hydrogen-bond acceptors (Lipinski definition) is 4. The Hall–Kier alpha value is -1.36. The minimum absolute atomic E-state index is 0.0130. The van der Waals surface area contributed by atoms with Crippen LogP contribution in [0.2, 0.25) is 5.02 Å². The SMILES string of the molecule is CC(O)CNC(=O)C1CCN(S(=O)(=O)c2ccc(Cl)c(C(F)(F)F)c2)CC1. The number of rotatable bonds is 5. The fraction of sp³-hybridized carbons (Fsp3) is 0.562. The number of benzene rings is 1. The molecule has 11 heteroatoms. The minimum atomic E-state index is -4.77. The molecule has 152 valence electrons. The first-order chi connectivity index (χ1) is 12.4. The Bertz CT molecular complexity index is 791. The number of carbonyl (C=O) groups is 1. The Morgan fingerprint density at radius 1 is 1.37 bits per heavy atom. The van der Waals surface area contributed by atoms with Crippen molar-refractivity contribution in [2.75, 3.05) is 19.6 Å². The largest absolute Gasteiger partial charge is 0.417 e. The quantitative estimate of drug-likeness (QED) is 0.753. The number of alkyl halides is 3. The molecular weight excluding hydrogens is 409 g/mol. The van der Waals surface area contributed by atoms with E-state index in [4.69, 9.17) is 11.6 Å². The molecule has 0 aromatic heterocycles. The maximum atomic E-state index is 13.0. The average molecular weight is 429 g/mol. The zero-order chi connectivity index (χ0) is 20.4. The van der Waals surface area contributed by atoms with Crippen LogP contribution in [0.25, 0.3) is 0 Å². The second-order valence-electron chi connectivity index (χ2n) is 6.41. The third-order valence-electron chi connectivity index (χ3n) is 4.28. The van der Waals surface area contributed by atoms with Gasteiger partial charge in [-0.25, -0.2) is 8.42 Å². The van der Waals surface area contributed by atoms with Crippen molar-refractivity contribution in [1.29, 1.82) is 0 Å². The summed E-state index contributed by atoms with van der Waals surface area (Å²) in [6, 6.07) is 2.47. The van der Waals surface area contributed by atoms with Gasteiger partial charge >= 0.3 is 6.18 Å². The van der Waals surface area contributed by atoms with Gasteiger partial charge in [-0.05, 0) is 38.0 Å². The lowest BCUT2D eigenvalue weighted by Crippen LogP contribution is -2.44. The molecule has 0 spiro atoms. The van der Waals surface area contributed by atoms with E-state index in [1.807, 2.05) is 0 Å². The summed E-state index contributed by atoms with van der Waals surface area (Å²) >= 11 is 5.53. The molecule has 1 aliphatic heterocycles. The summed E-state index contributed by atoms with van der Waals surface area (Å²) in [6.45, 7) is 1.65. The van der Waals surface area contributed by atoms with Crippen molar-refractivity contribution < 1.29 is 31.5 Å². The van der Waals surface area contributed by atoms with E-state index >= 15 is 0 Å². The lowest BCUT2D eigenvalue weighted by atomic mass is 9.97. The molecule has 0 saturated carbocycles. The molecule has 1 aromatic carbocycles. The number of piperidine rings is 1. The van der Waals surface area contributed by atoms with Crippen molar-refractivity contribution in [3.63, 3.8) is 0 Å². The van der Waals surface area contributed by atoms with Gasteiger partial charge in [0.1, 0.15) is 0 Å². The lowest BCUT2D eigenvalue weighted by Gasteiger charge is -2.30. The zero-order valence-corrected chi connectivity index (χ0v) is 16.0. The second kappa shape index (κ2) is 8.34. The first-order valence-corrected chi connectivity index (χ1v) is 10.1. The normalized spacial score (nSPS) is 18.3. The van der Waals surface area contributed by atoms with Crippen LogP contribution < -0.4 is 5.32 Å². The van der Waals surface area contributed by atoms with Crippen LogP contribution in [0.3, 0.4) is 0 Å². The molecule has 27 heavy (non-hydrogen) atoms. The fourth-order valence-corrected chi connectivity index (χ4v) is 4.50. The van der Waals surface area contributed by atoms with Crippen LogP contribution in [0.5, 0.6) is 0 Å². The van der Waals surface area contributed by atoms with E-state index in [0.717, 1.165) is 16.4 Å². The van der Waals surface area contributed by atoms with Crippen LogP contribution >= 0.6 is 11.6 Å². The van der Waals surface area contributed by atoms with Gasteiger partial charge in [-0.2, -0.15) is 17.5 Å². The van der Waals surface area contributed by atoms with Crippen LogP contribution in [-0.4, -0.2) is 49.5 Å². The highest BCUT2D eigenvalue weighted by Crippen LogP contribution is 2.36. The Balaban J connectivity index is 2.10. The lowest BCUT2D eigenvalue weighted by molar-refractivity contribution is -0.137. The van der Waals surface area contributed by atoms with E-state index in [-0.39, 0.29) is 38.4 Å². The van der Waals surface area contributed by atoms with Gasteiger partial charge in [0.2, 0.25) is 15.9 Å². The first kappa shape index (κ1) is 21.9. The van der Waals surface area contributed by atoms with Crippen LogP contribution in [0.4, 0.5) is 13.2 Å². The maximum Gasteiger partial charge on any atom is 0.417 e. The van der Waals surface area contributed by atoms with Gasteiger partial charge in [0, 0.05) is 25.6 Å². The molecular formula is C16H20ClF3N2O4S. The molecule has 1 heterocycles. The van der Waals surface area contributed by atoms with Crippen molar-refractivity contribution in [2.24, 2.45) is 5.92 Å². The monoisotopic (exact) mass is 428 g/mol. The fourth-order valence-electron chi connectivity index (χ4n) is 2.78. The molecule has 1 fully saturated rings. The van der Waals surface area contributed by atoms with E-state index in [1.54, 1.807) is 0 Å². The third kappa shape index (κ3) is 5.34. The third-order valence-corrected chi connectivity index (χ3v) is 6.50. The van der Waals surface area contributed by atoms with E-state index in [1.165, 1.54) is 6.92 Å². The summed E-state index contributed by atoms with van der Waals surface area (Å²) < 4.78 is 65.3. The summed E-state index contributed by atoms with van der Waals surface area (Å²) in [5.41, 5.74) is -1.21. The molecule has 1 aliphatic rings. The Morgan fingerprint density at radius 3 is 2.48 bits per heavy atom. The van der Waals surface area contributed by atoms with Gasteiger partial charge < -0.3 is 10.4 Å². The molecule has 1 unspecified atom stereocenters. The predicted molar refractivity (Wildman–Crippen MR) is 92.6 cm³/mol. The Kier molecular flexibility index (Phi) is 6.77. The van der Waals surface area contributed by atoms with Gasteiger partial charge in [-0.3, -0.25) is 4.79 Å². The van der Waals surface area contributed by atoms with Gasteiger partial charge in [-0.15, -0.1) is 0 Å². The smallest absolute Gasteiger partial charge is 0.392 e. The Labute approximate surface area is 160 Å². The maximum absolute atomic E-state index is 13.0. The van der Waals surface area contributed by atoms with Gasteiger partial charge in [0.25, 0.3) is 0 Å². The standard InChI is InChI=1S/C16H20ClF3N2O4S/c1-10(23)9-21-15(24)11-4-6-22(7-5-11)27(25,26)12-2-3-14(17)13(8-12)16(18,19)20/h2-3,8,10-11,23H,4-7,9H2,1H3,(H,21,24). The van der Waals surface area contributed by atoms with Gasteiger partial charge in [0.15, 0.2) is 0 Å². The summed E-state index contributed by atoms with van der Waals surface area (Å²) in [5, 5.41) is 11.2. The molecule has 1 atom stereocenters. The number of aliphatic hydroxyl groups is 1.